The third-order valence-corrected chi connectivity index (χ3v) is 3.96. The van der Waals surface area contributed by atoms with Crippen molar-refractivity contribution in [1.29, 1.82) is 0 Å². The Labute approximate surface area is 123 Å². The first kappa shape index (κ1) is 16.0. The number of benzene rings is 1. The minimum atomic E-state index is -4.57. The van der Waals surface area contributed by atoms with Crippen LogP contribution in [0, 0.1) is 0 Å². The van der Waals surface area contributed by atoms with E-state index in [-0.39, 0.29) is 5.69 Å². The van der Waals surface area contributed by atoms with Crippen LogP contribution in [0.2, 0.25) is 0 Å². The standard InChI is InChI=1S/C13H9F3N2O3S/c14-13(15,16)9-4-6-10(7-5-9)22(20,21)18-12(19)11-3-1-2-8-17-11/h1-8H,(H,18,19). The van der Waals surface area contributed by atoms with Crippen LogP contribution in [0.4, 0.5) is 13.2 Å². The molecule has 0 saturated carbocycles. The summed E-state index contributed by atoms with van der Waals surface area (Å²) in [5, 5.41) is 0. The average Bonchev–Trinajstić information content (AvgIpc) is 2.47. The Balaban J connectivity index is 2.22. The van der Waals surface area contributed by atoms with Gasteiger partial charge in [-0.1, -0.05) is 6.07 Å². The predicted molar refractivity (Wildman–Crippen MR) is 70.3 cm³/mol. The molecule has 5 nitrogen and oxygen atoms in total. The molecule has 22 heavy (non-hydrogen) atoms. The molecule has 0 spiro atoms. The number of aromatic nitrogens is 1. The first-order chi connectivity index (χ1) is 10.2. The Morgan fingerprint density at radius 1 is 1.05 bits per heavy atom. The Kier molecular flexibility index (Phi) is 4.18. The molecule has 0 aliphatic rings. The maximum atomic E-state index is 12.4. The van der Waals surface area contributed by atoms with E-state index in [1.54, 1.807) is 10.8 Å². The van der Waals surface area contributed by atoms with Crippen molar-refractivity contribution in [3.63, 3.8) is 0 Å². The summed E-state index contributed by atoms with van der Waals surface area (Å²) in [7, 11) is -4.28. The first-order valence-electron chi connectivity index (χ1n) is 5.85. The number of carbonyl (C=O) groups is 1. The Morgan fingerprint density at radius 3 is 2.18 bits per heavy atom. The summed E-state index contributed by atoms with van der Waals surface area (Å²) in [4.78, 5) is 15.0. The third-order valence-electron chi connectivity index (χ3n) is 2.62. The van der Waals surface area contributed by atoms with Crippen LogP contribution in [0.3, 0.4) is 0 Å². The van der Waals surface area contributed by atoms with E-state index in [1.807, 2.05) is 0 Å². The molecule has 2 rings (SSSR count). The van der Waals surface area contributed by atoms with E-state index in [2.05, 4.69) is 4.98 Å². The molecule has 0 fully saturated rings. The lowest BCUT2D eigenvalue weighted by molar-refractivity contribution is -0.137. The molecule has 1 heterocycles. The third kappa shape index (κ3) is 3.61. The lowest BCUT2D eigenvalue weighted by Crippen LogP contribution is -2.31. The van der Waals surface area contributed by atoms with Crippen molar-refractivity contribution in [3.8, 4) is 0 Å². The molecule has 0 bridgehead atoms. The van der Waals surface area contributed by atoms with Gasteiger partial charge in [-0.25, -0.2) is 13.1 Å². The fraction of sp³-hybridized carbons (Fsp3) is 0.0769. The molecule has 0 radical (unpaired) electrons. The molecule has 0 saturated heterocycles. The molecule has 116 valence electrons. The maximum absolute atomic E-state index is 12.4. The van der Waals surface area contributed by atoms with Crippen molar-refractivity contribution in [1.82, 2.24) is 9.71 Å². The van der Waals surface area contributed by atoms with Gasteiger partial charge in [-0.2, -0.15) is 13.2 Å². The van der Waals surface area contributed by atoms with Crippen molar-refractivity contribution < 1.29 is 26.4 Å². The van der Waals surface area contributed by atoms with Gasteiger partial charge in [-0.3, -0.25) is 9.78 Å². The van der Waals surface area contributed by atoms with Gasteiger partial charge in [0.15, 0.2) is 0 Å². The summed E-state index contributed by atoms with van der Waals surface area (Å²) in [6.45, 7) is 0. The molecule has 1 aromatic heterocycles. The summed E-state index contributed by atoms with van der Waals surface area (Å²) in [6.07, 6.45) is -3.26. The van der Waals surface area contributed by atoms with E-state index < -0.39 is 32.6 Å². The second kappa shape index (κ2) is 5.76. The van der Waals surface area contributed by atoms with E-state index in [0.29, 0.717) is 12.1 Å². The molecule has 1 amide bonds. The quantitative estimate of drug-likeness (QED) is 0.936. The van der Waals surface area contributed by atoms with Gasteiger partial charge in [0.05, 0.1) is 10.5 Å². The molecular weight excluding hydrogens is 321 g/mol. The minimum absolute atomic E-state index is 0.127. The SMILES string of the molecule is O=C(NS(=O)(=O)c1ccc(C(F)(F)F)cc1)c1ccccn1. The van der Waals surface area contributed by atoms with Crippen molar-refractivity contribution >= 4 is 15.9 Å². The van der Waals surface area contributed by atoms with Crippen LogP contribution < -0.4 is 4.72 Å². The second-order valence-corrected chi connectivity index (χ2v) is 5.85. The van der Waals surface area contributed by atoms with Crippen molar-refractivity contribution in [2.24, 2.45) is 0 Å². The van der Waals surface area contributed by atoms with Gasteiger partial charge < -0.3 is 0 Å². The fourth-order valence-corrected chi connectivity index (χ4v) is 2.51. The number of carbonyl (C=O) groups excluding carboxylic acids is 1. The summed E-state index contributed by atoms with van der Waals surface area (Å²) >= 11 is 0. The number of amides is 1. The number of nitrogens with zero attached hydrogens (tertiary/aromatic N) is 1. The molecule has 2 aromatic rings. The highest BCUT2D eigenvalue weighted by molar-refractivity contribution is 7.90. The van der Waals surface area contributed by atoms with Crippen molar-refractivity contribution in [3.05, 3.63) is 59.9 Å². The average molecular weight is 330 g/mol. The number of sulfonamides is 1. The molecule has 1 aromatic carbocycles. The van der Waals surface area contributed by atoms with Crippen LogP contribution in [-0.4, -0.2) is 19.3 Å². The summed E-state index contributed by atoms with van der Waals surface area (Å²) in [5.74, 6) is -0.972. The van der Waals surface area contributed by atoms with E-state index in [1.165, 1.54) is 18.3 Å². The molecule has 1 N–H and O–H groups in total. The lowest BCUT2D eigenvalue weighted by Gasteiger charge is -2.09. The summed E-state index contributed by atoms with van der Waals surface area (Å²) < 4.78 is 62.9. The monoisotopic (exact) mass is 330 g/mol. The Bertz CT molecular complexity index is 772. The van der Waals surface area contributed by atoms with Crippen LogP contribution in [0.5, 0.6) is 0 Å². The molecule has 0 aliphatic carbocycles. The highest BCUT2D eigenvalue weighted by Gasteiger charge is 2.30. The molecular formula is C13H9F3N2O3S. The zero-order valence-electron chi connectivity index (χ0n) is 10.8. The Morgan fingerprint density at radius 2 is 1.68 bits per heavy atom. The van der Waals surface area contributed by atoms with Crippen LogP contribution in [0.1, 0.15) is 16.1 Å². The second-order valence-electron chi connectivity index (χ2n) is 4.17. The van der Waals surface area contributed by atoms with E-state index in [9.17, 15) is 26.4 Å². The van der Waals surface area contributed by atoms with Gasteiger partial charge in [0.1, 0.15) is 5.69 Å². The predicted octanol–water partition coefficient (Wildman–Crippen LogP) is 2.22. The lowest BCUT2D eigenvalue weighted by atomic mass is 10.2. The topological polar surface area (TPSA) is 76.1 Å². The van der Waals surface area contributed by atoms with Gasteiger partial charge >= 0.3 is 6.18 Å². The number of alkyl halides is 3. The van der Waals surface area contributed by atoms with Crippen LogP contribution in [0.25, 0.3) is 0 Å². The van der Waals surface area contributed by atoms with Crippen LogP contribution in [-0.2, 0) is 16.2 Å². The highest BCUT2D eigenvalue weighted by atomic mass is 32.2. The molecule has 0 atom stereocenters. The highest BCUT2D eigenvalue weighted by Crippen LogP contribution is 2.29. The molecule has 0 aliphatic heterocycles. The van der Waals surface area contributed by atoms with Gasteiger partial charge in [0, 0.05) is 6.20 Å². The largest absolute Gasteiger partial charge is 0.416 e. The fourth-order valence-electron chi connectivity index (χ4n) is 1.55. The summed E-state index contributed by atoms with van der Waals surface area (Å²) in [5.41, 5.74) is -1.11. The minimum Gasteiger partial charge on any atom is -0.266 e. The normalized spacial score (nSPS) is 12.0. The first-order valence-corrected chi connectivity index (χ1v) is 7.34. The molecule has 9 heteroatoms. The van der Waals surface area contributed by atoms with Gasteiger partial charge in [0.2, 0.25) is 0 Å². The number of halogens is 3. The summed E-state index contributed by atoms with van der Waals surface area (Å²) in [6, 6.07) is 7.14. The number of pyridine rings is 1. The van der Waals surface area contributed by atoms with Gasteiger partial charge in [-0.15, -0.1) is 0 Å². The number of rotatable bonds is 3. The Hall–Kier alpha value is -2.42. The van der Waals surface area contributed by atoms with Gasteiger partial charge in [0.25, 0.3) is 15.9 Å². The smallest absolute Gasteiger partial charge is 0.266 e. The zero-order valence-corrected chi connectivity index (χ0v) is 11.6. The number of hydrogen-bond acceptors (Lipinski definition) is 4. The van der Waals surface area contributed by atoms with Crippen LogP contribution >= 0.6 is 0 Å². The molecule has 0 unspecified atom stereocenters. The maximum Gasteiger partial charge on any atom is 0.416 e. The van der Waals surface area contributed by atoms with Crippen LogP contribution in [0.15, 0.2) is 53.6 Å². The van der Waals surface area contributed by atoms with Crippen molar-refractivity contribution in [2.45, 2.75) is 11.1 Å². The zero-order chi connectivity index (χ0) is 16.4. The number of hydrogen-bond donors (Lipinski definition) is 1. The number of nitrogens with one attached hydrogen (secondary N) is 1. The van der Waals surface area contributed by atoms with E-state index >= 15 is 0 Å². The van der Waals surface area contributed by atoms with E-state index in [4.69, 9.17) is 0 Å². The van der Waals surface area contributed by atoms with Crippen molar-refractivity contribution in [2.75, 3.05) is 0 Å². The van der Waals surface area contributed by atoms with E-state index in [0.717, 1.165) is 12.1 Å². The van der Waals surface area contributed by atoms with Gasteiger partial charge in [-0.05, 0) is 36.4 Å².